The molecular formula is C13H15BrO2. The molecular weight excluding hydrogens is 268 g/mol. The Labute approximate surface area is 104 Å². The molecule has 0 unspecified atom stereocenters. The van der Waals surface area contributed by atoms with Crippen molar-refractivity contribution in [3.05, 3.63) is 42.0 Å². The van der Waals surface area contributed by atoms with Crippen molar-refractivity contribution in [2.24, 2.45) is 0 Å². The van der Waals surface area contributed by atoms with Crippen molar-refractivity contribution in [3.63, 3.8) is 0 Å². The number of benzene rings is 1. The summed E-state index contributed by atoms with van der Waals surface area (Å²) in [5.41, 5.74) is 2.02. The zero-order chi connectivity index (χ0) is 12.2. The molecule has 0 saturated heterocycles. The van der Waals surface area contributed by atoms with E-state index in [0.29, 0.717) is 6.61 Å². The molecule has 0 radical (unpaired) electrons. The molecule has 0 N–H and O–H groups in total. The van der Waals surface area contributed by atoms with Gasteiger partial charge in [0.25, 0.3) is 0 Å². The molecule has 0 amide bonds. The van der Waals surface area contributed by atoms with Gasteiger partial charge in [0, 0.05) is 0 Å². The molecule has 0 atom stereocenters. The summed E-state index contributed by atoms with van der Waals surface area (Å²) in [4.78, 5) is 11.5. The first-order valence-corrected chi connectivity index (χ1v) is 5.80. The molecule has 1 aromatic rings. The van der Waals surface area contributed by atoms with Crippen LogP contribution in [0.2, 0.25) is 0 Å². The van der Waals surface area contributed by atoms with Gasteiger partial charge in [-0.05, 0) is 25.0 Å². The largest absolute Gasteiger partial charge is 0.460 e. The molecule has 0 aliphatic heterocycles. The molecule has 0 fully saturated rings. The van der Waals surface area contributed by atoms with Crippen LogP contribution in [0, 0.1) is 0 Å². The summed E-state index contributed by atoms with van der Waals surface area (Å²) in [5, 5.41) is 0. The van der Waals surface area contributed by atoms with Gasteiger partial charge < -0.3 is 4.74 Å². The molecule has 3 heteroatoms. The van der Waals surface area contributed by atoms with E-state index in [1.165, 1.54) is 0 Å². The third-order valence-corrected chi connectivity index (χ3v) is 2.39. The van der Waals surface area contributed by atoms with Crippen LogP contribution in [-0.4, -0.2) is 10.3 Å². The van der Waals surface area contributed by atoms with Crippen LogP contribution in [0.25, 0.3) is 6.08 Å². The summed E-state index contributed by atoms with van der Waals surface area (Å²) in [6.07, 6.45) is 1.78. The molecule has 0 heterocycles. The van der Waals surface area contributed by atoms with Crippen molar-refractivity contribution in [1.82, 2.24) is 0 Å². The lowest BCUT2D eigenvalue weighted by Crippen LogP contribution is -2.26. The Balaban J connectivity index is 2.55. The fraction of sp³-hybridized carbons (Fsp3) is 0.308. The third-order valence-electron chi connectivity index (χ3n) is 2.07. The highest BCUT2D eigenvalue weighted by molar-refractivity contribution is 9.10. The topological polar surface area (TPSA) is 26.3 Å². The smallest absolute Gasteiger partial charge is 0.322 e. The maximum absolute atomic E-state index is 11.5. The van der Waals surface area contributed by atoms with Gasteiger partial charge in [0.1, 0.15) is 10.9 Å². The van der Waals surface area contributed by atoms with E-state index in [1.807, 2.05) is 24.3 Å². The number of carbonyl (C=O) groups excluding carboxylic acids is 1. The Hall–Kier alpha value is -1.09. The van der Waals surface area contributed by atoms with Gasteiger partial charge in [-0.1, -0.05) is 52.9 Å². The summed E-state index contributed by atoms with van der Waals surface area (Å²) in [7, 11) is 0. The molecule has 0 aromatic heterocycles. The van der Waals surface area contributed by atoms with Crippen LogP contribution < -0.4 is 0 Å². The number of esters is 1. The van der Waals surface area contributed by atoms with Gasteiger partial charge in [-0.25, -0.2) is 0 Å². The molecule has 0 bridgehead atoms. The van der Waals surface area contributed by atoms with E-state index in [2.05, 4.69) is 22.5 Å². The van der Waals surface area contributed by atoms with Crippen molar-refractivity contribution >= 4 is 28.0 Å². The lowest BCUT2D eigenvalue weighted by Gasteiger charge is -2.14. The monoisotopic (exact) mass is 282 g/mol. The predicted molar refractivity (Wildman–Crippen MR) is 69.3 cm³/mol. The van der Waals surface area contributed by atoms with Crippen LogP contribution in [-0.2, 0) is 16.1 Å². The quantitative estimate of drug-likeness (QED) is 0.624. The Morgan fingerprint density at radius 3 is 2.44 bits per heavy atom. The van der Waals surface area contributed by atoms with Crippen molar-refractivity contribution in [3.8, 4) is 0 Å². The van der Waals surface area contributed by atoms with Crippen molar-refractivity contribution < 1.29 is 9.53 Å². The van der Waals surface area contributed by atoms with Crippen LogP contribution in [0.1, 0.15) is 25.0 Å². The average molecular weight is 283 g/mol. The van der Waals surface area contributed by atoms with Crippen molar-refractivity contribution in [2.45, 2.75) is 24.8 Å². The second kappa shape index (κ2) is 5.30. The van der Waals surface area contributed by atoms with Crippen LogP contribution >= 0.6 is 15.9 Å². The van der Waals surface area contributed by atoms with Gasteiger partial charge in [-0.3, -0.25) is 4.79 Å². The number of alkyl halides is 1. The molecule has 0 aliphatic carbocycles. The second-order valence-electron chi connectivity index (χ2n) is 3.99. The molecule has 1 rings (SSSR count). The normalized spacial score (nSPS) is 10.9. The number of hydrogen-bond donors (Lipinski definition) is 0. The van der Waals surface area contributed by atoms with Crippen LogP contribution in [0.5, 0.6) is 0 Å². The van der Waals surface area contributed by atoms with E-state index >= 15 is 0 Å². The van der Waals surface area contributed by atoms with Gasteiger partial charge >= 0.3 is 5.97 Å². The van der Waals surface area contributed by atoms with E-state index in [0.717, 1.165) is 11.1 Å². The van der Waals surface area contributed by atoms with Crippen molar-refractivity contribution in [2.75, 3.05) is 0 Å². The highest BCUT2D eigenvalue weighted by Gasteiger charge is 2.25. The minimum absolute atomic E-state index is 0.264. The van der Waals surface area contributed by atoms with E-state index in [4.69, 9.17) is 4.74 Å². The standard InChI is InChI=1S/C13H15BrO2/c1-4-10-5-7-11(8-6-10)9-16-12(15)13(2,3)14/h4-8H,1,9H2,2-3H3. The molecule has 0 spiro atoms. The number of halogens is 1. The first-order valence-electron chi connectivity index (χ1n) is 5.01. The molecule has 1 aromatic carbocycles. The summed E-state index contributed by atoms with van der Waals surface area (Å²) < 4.78 is 4.52. The highest BCUT2D eigenvalue weighted by atomic mass is 79.9. The van der Waals surface area contributed by atoms with Gasteiger partial charge in [0.15, 0.2) is 0 Å². The fourth-order valence-electron chi connectivity index (χ4n) is 1.07. The van der Waals surface area contributed by atoms with E-state index in [1.54, 1.807) is 19.9 Å². The summed E-state index contributed by atoms with van der Waals surface area (Å²) in [5.74, 6) is -0.264. The van der Waals surface area contributed by atoms with Gasteiger partial charge in [0.05, 0.1) is 0 Å². The van der Waals surface area contributed by atoms with Gasteiger partial charge in [-0.15, -0.1) is 0 Å². The summed E-state index contributed by atoms with van der Waals surface area (Å²) in [6.45, 7) is 7.49. The zero-order valence-corrected chi connectivity index (χ0v) is 11.1. The lowest BCUT2D eigenvalue weighted by atomic mass is 10.1. The molecule has 16 heavy (non-hydrogen) atoms. The van der Waals surface area contributed by atoms with Crippen LogP contribution in [0.15, 0.2) is 30.8 Å². The SMILES string of the molecule is C=Cc1ccc(COC(=O)C(C)(C)Br)cc1. The average Bonchev–Trinajstić information content (AvgIpc) is 2.25. The second-order valence-corrected chi connectivity index (χ2v) is 5.98. The van der Waals surface area contributed by atoms with E-state index in [9.17, 15) is 4.79 Å². The maximum Gasteiger partial charge on any atom is 0.322 e. The van der Waals surface area contributed by atoms with E-state index in [-0.39, 0.29) is 5.97 Å². The fourth-order valence-corrected chi connectivity index (χ4v) is 1.18. The summed E-state index contributed by atoms with van der Waals surface area (Å²) in [6, 6.07) is 7.72. The zero-order valence-electron chi connectivity index (χ0n) is 9.50. The predicted octanol–water partition coefficient (Wildman–Crippen LogP) is 3.55. The maximum atomic E-state index is 11.5. The first-order chi connectivity index (χ1) is 7.43. The number of carbonyl (C=O) groups is 1. The first kappa shape index (κ1) is 13.0. The van der Waals surface area contributed by atoms with Crippen LogP contribution in [0.4, 0.5) is 0 Å². The van der Waals surface area contributed by atoms with E-state index < -0.39 is 4.32 Å². The number of ether oxygens (including phenoxy) is 1. The Morgan fingerprint density at radius 2 is 2.00 bits per heavy atom. The molecule has 0 saturated carbocycles. The Bertz CT molecular complexity index is 374. The minimum Gasteiger partial charge on any atom is -0.460 e. The van der Waals surface area contributed by atoms with Crippen molar-refractivity contribution in [1.29, 1.82) is 0 Å². The van der Waals surface area contributed by atoms with Crippen LogP contribution in [0.3, 0.4) is 0 Å². The third kappa shape index (κ3) is 3.81. The summed E-state index contributed by atoms with van der Waals surface area (Å²) >= 11 is 3.25. The Morgan fingerprint density at radius 1 is 1.44 bits per heavy atom. The van der Waals surface area contributed by atoms with Gasteiger partial charge in [-0.2, -0.15) is 0 Å². The number of rotatable bonds is 4. The lowest BCUT2D eigenvalue weighted by molar-refractivity contribution is -0.146. The molecule has 0 aliphatic rings. The number of hydrogen-bond acceptors (Lipinski definition) is 2. The molecule has 2 nitrogen and oxygen atoms in total. The van der Waals surface area contributed by atoms with Gasteiger partial charge in [0.2, 0.25) is 0 Å². The Kier molecular flexibility index (Phi) is 4.30. The molecule has 86 valence electrons. The minimum atomic E-state index is -0.631. The highest BCUT2D eigenvalue weighted by Crippen LogP contribution is 2.18.